The van der Waals surface area contributed by atoms with Crippen LogP contribution in [0.3, 0.4) is 0 Å². The van der Waals surface area contributed by atoms with Crippen molar-refractivity contribution in [3.05, 3.63) is 54.1 Å². The lowest BCUT2D eigenvalue weighted by molar-refractivity contribution is 0.355. The SMILES string of the molecule is COc1ccc(NC(N)=NCC(C)c2ccccc2)cc1OC. The second-order valence-electron chi connectivity index (χ2n) is 5.23. The highest BCUT2D eigenvalue weighted by molar-refractivity contribution is 5.92. The number of hydrogen-bond acceptors (Lipinski definition) is 3. The van der Waals surface area contributed by atoms with Gasteiger partial charge in [0.1, 0.15) is 0 Å². The van der Waals surface area contributed by atoms with Gasteiger partial charge in [-0.05, 0) is 17.7 Å². The lowest BCUT2D eigenvalue weighted by Crippen LogP contribution is -2.23. The third kappa shape index (κ3) is 4.64. The summed E-state index contributed by atoms with van der Waals surface area (Å²) in [5, 5.41) is 3.07. The molecule has 122 valence electrons. The zero-order valence-electron chi connectivity index (χ0n) is 13.7. The molecule has 0 amide bonds. The Hall–Kier alpha value is -2.69. The molecule has 0 fully saturated rings. The normalized spacial score (nSPS) is 12.6. The van der Waals surface area contributed by atoms with E-state index in [0.717, 1.165) is 5.69 Å². The maximum atomic E-state index is 5.96. The molecule has 0 saturated heterocycles. The molecule has 0 aliphatic heterocycles. The minimum Gasteiger partial charge on any atom is -0.493 e. The molecule has 0 spiro atoms. The summed E-state index contributed by atoms with van der Waals surface area (Å²) in [5.74, 6) is 2.00. The predicted molar refractivity (Wildman–Crippen MR) is 94.5 cm³/mol. The maximum absolute atomic E-state index is 5.96. The number of rotatable bonds is 6. The van der Waals surface area contributed by atoms with Crippen LogP contribution in [-0.4, -0.2) is 26.7 Å². The fourth-order valence-corrected chi connectivity index (χ4v) is 2.22. The topological polar surface area (TPSA) is 68.9 Å². The Bertz CT molecular complexity index is 657. The zero-order valence-corrected chi connectivity index (χ0v) is 13.7. The van der Waals surface area contributed by atoms with Crippen LogP contribution in [0.2, 0.25) is 0 Å². The van der Waals surface area contributed by atoms with E-state index < -0.39 is 0 Å². The summed E-state index contributed by atoms with van der Waals surface area (Å²) >= 11 is 0. The summed E-state index contributed by atoms with van der Waals surface area (Å²) < 4.78 is 10.5. The van der Waals surface area contributed by atoms with Crippen LogP contribution < -0.4 is 20.5 Å². The van der Waals surface area contributed by atoms with Gasteiger partial charge in [0, 0.05) is 24.2 Å². The molecule has 0 aliphatic carbocycles. The lowest BCUT2D eigenvalue weighted by Gasteiger charge is -2.12. The van der Waals surface area contributed by atoms with E-state index >= 15 is 0 Å². The second-order valence-corrected chi connectivity index (χ2v) is 5.23. The highest BCUT2D eigenvalue weighted by atomic mass is 16.5. The number of nitrogens with one attached hydrogen (secondary N) is 1. The summed E-state index contributed by atoms with van der Waals surface area (Å²) in [7, 11) is 3.20. The summed E-state index contributed by atoms with van der Waals surface area (Å²) in [6.45, 7) is 2.75. The van der Waals surface area contributed by atoms with Crippen LogP contribution in [0.25, 0.3) is 0 Å². The minimum atomic E-state index is 0.307. The number of methoxy groups -OCH3 is 2. The molecule has 0 heterocycles. The van der Waals surface area contributed by atoms with Gasteiger partial charge < -0.3 is 20.5 Å². The fourth-order valence-electron chi connectivity index (χ4n) is 2.22. The molecule has 2 aromatic rings. The van der Waals surface area contributed by atoms with Crippen molar-refractivity contribution in [2.24, 2.45) is 10.7 Å². The number of nitrogens with two attached hydrogens (primary N) is 1. The van der Waals surface area contributed by atoms with Crippen LogP contribution >= 0.6 is 0 Å². The summed E-state index contributed by atoms with van der Waals surface area (Å²) in [6.07, 6.45) is 0. The first-order valence-electron chi connectivity index (χ1n) is 7.48. The number of anilines is 1. The van der Waals surface area contributed by atoms with Crippen molar-refractivity contribution in [2.75, 3.05) is 26.1 Å². The fraction of sp³-hybridized carbons (Fsp3) is 0.278. The monoisotopic (exact) mass is 313 g/mol. The Morgan fingerprint density at radius 1 is 1.09 bits per heavy atom. The number of ether oxygens (including phenoxy) is 2. The van der Waals surface area contributed by atoms with Gasteiger partial charge in [-0.15, -0.1) is 0 Å². The third-order valence-electron chi connectivity index (χ3n) is 3.56. The quantitative estimate of drug-likeness (QED) is 0.634. The Balaban J connectivity index is 1.99. The van der Waals surface area contributed by atoms with Gasteiger partial charge in [-0.2, -0.15) is 0 Å². The first kappa shape index (κ1) is 16.7. The molecule has 0 aromatic heterocycles. The standard InChI is InChI=1S/C18H23N3O2/c1-13(14-7-5-4-6-8-14)12-20-18(19)21-15-9-10-16(22-2)17(11-15)23-3/h4-11,13H,12H2,1-3H3,(H3,19,20,21). The van der Waals surface area contributed by atoms with Crippen molar-refractivity contribution in [3.8, 4) is 11.5 Å². The molecule has 23 heavy (non-hydrogen) atoms. The molecule has 2 aromatic carbocycles. The molecule has 0 radical (unpaired) electrons. The molecule has 0 saturated carbocycles. The molecule has 1 atom stereocenters. The second kappa shape index (κ2) is 8.08. The Morgan fingerprint density at radius 2 is 1.78 bits per heavy atom. The third-order valence-corrected chi connectivity index (χ3v) is 3.56. The molecule has 3 N–H and O–H groups in total. The van der Waals surface area contributed by atoms with E-state index in [1.807, 2.05) is 36.4 Å². The highest BCUT2D eigenvalue weighted by Gasteiger charge is 2.06. The van der Waals surface area contributed by atoms with Gasteiger partial charge in [-0.3, -0.25) is 4.99 Å². The van der Waals surface area contributed by atoms with Crippen LogP contribution in [-0.2, 0) is 0 Å². The van der Waals surface area contributed by atoms with Crippen LogP contribution in [0.15, 0.2) is 53.5 Å². The first-order chi connectivity index (χ1) is 11.1. The van der Waals surface area contributed by atoms with Crippen molar-refractivity contribution in [3.63, 3.8) is 0 Å². The largest absolute Gasteiger partial charge is 0.493 e. The first-order valence-corrected chi connectivity index (χ1v) is 7.48. The molecule has 1 unspecified atom stereocenters. The predicted octanol–water partition coefficient (Wildman–Crippen LogP) is 3.23. The van der Waals surface area contributed by atoms with E-state index in [9.17, 15) is 0 Å². The number of aliphatic imine (C=N–C) groups is 1. The summed E-state index contributed by atoms with van der Waals surface area (Å²) in [6, 6.07) is 15.8. The average Bonchev–Trinajstić information content (AvgIpc) is 2.60. The Labute approximate surface area is 137 Å². The molecule has 0 bridgehead atoms. The van der Waals surface area contributed by atoms with Crippen molar-refractivity contribution < 1.29 is 9.47 Å². The molecule has 0 aliphatic rings. The molecule has 5 nitrogen and oxygen atoms in total. The average molecular weight is 313 g/mol. The number of benzene rings is 2. The highest BCUT2D eigenvalue weighted by Crippen LogP contribution is 2.29. The van der Waals surface area contributed by atoms with E-state index in [2.05, 4.69) is 29.4 Å². The Morgan fingerprint density at radius 3 is 2.43 bits per heavy atom. The van der Waals surface area contributed by atoms with E-state index in [0.29, 0.717) is 29.9 Å². The van der Waals surface area contributed by atoms with Gasteiger partial charge in [0.2, 0.25) is 0 Å². The van der Waals surface area contributed by atoms with Crippen LogP contribution in [0.4, 0.5) is 5.69 Å². The molecular weight excluding hydrogens is 290 g/mol. The molecule has 2 rings (SSSR count). The van der Waals surface area contributed by atoms with Gasteiger partial charge >= 0.3 is 0 Å². The maximum Gasteiger partial charge on any atom is 0.193 e. The molecular formula is C18H23N3O2. The van der Waals surface area contributed by atoms with Gasteiger partial charge in [0.15, 0.2) is 17.5 Å². The molecule has 5 heteroatoms. The van der Waals surface area contributed by atoms with Crippen molar-refractivity contribution in [1.29, 1.82) is 0 Å². The van der Waals surface area contributed by atoms with Crippen LogP contribution in [0.1, 0.15) is 18.4 Å². The van der Waals surface area contributed by atoms with Gasteiger partial charge in [-0.1, -0.05) is 37.3 Å². The van der Waals surface area contributed by atoms with E-state index in [-0.39, 0.29) is 0 Å². The van der Waals surface area contributed by atoms with Crippen molar-refractivity contribution in [1.82, 2.24) is 0 Å². The van der Waals surface area contributed by atoms with Gasteiger partial charge in [0.05, 0.1) is 14.2 Å². The smallest absolute Gasteiger partial charge is 0.193 e. The summed E-state index contributed by atoms with van der Waals surface area (Å²) in [4.78, 5) is 4.41. The van der Waals surface area contributed by atoms with E-state index in [1.165, 1.54) is 5.56 Å². The van der Waals surface area contributed by atoms with Gasteiger partial charge in [-0.25, -0.2) is 0 Å². The minimum absolute atomic E-state index is 0.307. The van der Waals surface area contributed by atoms with Crippen LogP contribution in [0, 0.1) is 0 Å². The van der Waals surface area contributed by atoms with Crippen molar-refractivity contribution >= 4 is 11.6 Å². The van der Waals surface area contributed by atoms with Crippen LogP contribution in [0.5, 0.6) is 11.5 Å². The van der Waals surface area contributed by atoms with E-state index in [4.69, 9.17) is 15.2 Å². The van der Waals surface area contributed by atoms with E-state index in [1.54, 1.807) is 14.2 Å². The zero-order chi connectivity index (χ0) is 16.7. The number of nitrogens with zero attached hydrogens (tertiary/aromatic N) is 1. The summed E-state index contributed by atoms with van der Waals surface area (Å²) in [5.41, 5.74) is 8.01. The van der Waals surface area contributed by atoms with Gasteiger partial charge in [0.25, 0.3) is 0 Å². The number of guanidine groups is 1. The number of hydrogen-bond donors (Lipinski definition) is 2. The lowest BCUT2D eigenvalue weighted by atomic mass is 10.0. The van der Waals surface area contributed by atoms with Crippen molar-refractivity contribution in [2.45, 2.75) is 12.8 Å². The Kier molecular flexibility index (Phi) is 5.86.